The van der Waals surface area contributed by atoms with E-state index in [4.69, 9.17) is 5.73 Å². The van der Waals surface area contributed by atoms with Crippen molar-refractivity contribution in [3.63, 3.8) is 0 Å². The number of nitrogens with two attached hydrogens (primary N) is 1. The van der Waals surface area contributed by atoms with E-state index in [2.05, 4.69) is 41.4 Å². The highest BCUT2D eigenvalue weighted by molar-refractivity contribution is 5.79. The molecular weight excluding hydrogens is 234 g/mol. The quantitative estimate of drug-likeness (QED) is 0.846. The van der Waals surface area contributed by atoms with Crippen LogP contribution in [0.5, 0.6) is 0 Å². The van der Waals surface area contributed by atoms with Crippen molar-refractivity contribution in [3.8, 4) is 0 Å². The van der Waals surface area contributed by atoms with Crippen LogP contribution in [0.25, 0.3) is 0 Å². The van der Waals surface area contributed by atoms with E-state index in [1.807, 2.05) is 30.1 Å². The minimum atomic E-state index is -0.0117. The van der Waals surface area contributed by atoms with Crippen molar-refractivity contribution in [2.45, 2.75) is 12.6 Å². The van der Waals surface area contributed by atoms with Crippen LogP contribution in [0.2, 0.25) is 0 Å². The third kappa shape index (κ3) is 2.19. The summed E-state index contributed by atoms with van der Waals surface area (Å²) in [4.78, 5) is 6.68. The molecule has 0 unspecified atom stereocenters. The second-order valence-electron chi connectivity index (χ2n) is 4.86. The van der Waals surface area contributed by atoms with Gasteiger partial charge in [-0.05, 0) is 16.7 Å². The van der Waals surface area contributed by atoms with Crippen molar-refractivity contribution in [3.05, 3.63) is 71.3 Å². The van der Waals surface area contributed by atoms with Gasteiger partial charge in [0.1, 0.15) is 6.04 Å². The van der Waals surface area contributed by atoms with E-state index in [9.17, 15) is 0 Å². The summed E-state index contributed by atoms with van der Waals surface area (Å²) in [6.07, 6.45) is 0. The minimum absolute atomic E-state index is 0.0117. The number of benzene rings is 2. The molecule has 3 heteroatoms. The number of rotatable bonds is 1. The van der Waals surface area contributed by atoms with Crippen molar-refractivity contribution in [2.24, 2.45) is 10.7 Å². The van der Waals surface area contributed by atoms with Gasteiger partial charge in [0.25, 0.3) is 0 Å². The Morgan fingerprint density at radius 3 is 2.53 bits per heavy atom. The van der Waals surface area contributed by atoms with E-state index >= 15 is 0 Å². The Morgan fingerprint density at radius 1 is 1.05 bits per heavy atom. The van der Waals surface area contributed by atoms with E-state index in [0.717, 1.165) is 6.54 Å². The first kappa shape index (κ1) is 11.8. The molecule has 2 aromatic rings. The summed E-state index contributed by atoms with van der Waals surface area (Å²) >= 11 is 0. The van der Waals surface area contributed by atoms with Gasteiger partial charge in [-0.15, -0.1) is 0 Å². The van der Waals surface area contributed by atoms with Crippen LogP contribution in [0.15, 0.2) is 59.6 Å². The lowest BCUT2D eigenvalue weighted by Gasteiger charge is -2.15. The van der Waals surface area contributed by atoms with Gasteiger partial charge >= 0.3 is 0 Å². The molecule has 1 atom stereocenters. The largest absolute Gasteiger partial charge is 0.370 e. The van der Waals surface area contributed by atoms with E-state index in [1.165, 1.54) is 16.7 Å². The summed E-state index contributed by atoms with van der Waals surface area (Å²) in [6.45, 7) is 0.800. The summed E-state index contributed by atoms with van der Waals surface area (Å²) in [5.74, 6) is 0.588. The van der Waals surface area contributed by atoms with Crippen molar-refractivity contribution >= 4 is 5.96 Å². The molecule has 0 aromatic heterocycles. The third-order valence-corrected chi connectivity index (χ3v) is 3.52. The first-order chi connectivity index (χ1) is 9.25. The summed E-state index contributed by atoms with van der Waals surface area (Å²) in [7, 11) is 1.98. The average molecular weight is 251 g/mol. The van der Waals surface area contributed by atoms with E-state index < -0.39 is 0 Å². The standard InChI is InChI=1S/C16H17N3/c1-19-11-13-9-5-6-10-14(13)15(18-16(19)17)12-7-3-2-4-8-12/h2-10,15H,11H2,1H3,(H2,17,18)/t15-/m0/s1. The van der Waals surface area contributed by atoms with E-state index in [-0.39, 0.29) is 6.04 Å². The van der Waals surface area contributed by atoms with Crippen molar-refractivity contribution in [1.29, 1.82) is 0 Å². The average Bonchev–Trinajstić information content (AvgIpc) is 2.58. The maximum Gasteiger partial charge on any atom is 0.192 e. The fourth-order valence-electron chi connectivity index (χ4n) is 2.47. The lowest BCUT2D eigenvalue weighted by Crippen LogP contribution is -2.32. The van der Waals surface area contributed by atoms with Gasteiger partial charge in [-0.3, -0.25) is 0 Å². The SMILES string of the molecule is CN1Cc2ccccc2[C@H](c2ccccc2)N=C1N. The maximum absolute atomic E-state index is 6.06. The van der Waals surface area contributed by atoms with Crippen LogP contribution in [0.1, 0.15) is 22.7 Å². The molecule has 19 heavy (non-hydrogen) atoms. The van der Waals surface area contributed by atoms with Gasteiger partial charge in [0.15, 0.2) is 5.96 Å². The highest BCUT2D eigenvalue weighted by Crippen LogP contribution is 2.31. The molecule has 0 spiro atoms. The molecule has 0 saturated carbocycles. The number of hydrogen-bond donors (Lipinski definition) is 1. The Balaban J connectivity index is 2.16. The van der Waals surface area contributed by atoms with Crippen LogP contribution in [0.3, 0.4) is 0 Å². The normalized spacial score (nSPS) is 18.5. The van der Waals surface area contributed by atoms with Gasteiger partial charge in [0, 0.05) is 13.6 Å². The Hall–Kier alpha value is -2.29. The first-order valence-electron chi connectivity index (χ1n) is 6.43. The Kier molecular flexibility index (Phi) is 2.95. The van der Waals surface area contributed by atoms with Crippen LogP contribution in [-0.2, 0) is 6.54 Å². The molecular formula is C16H17N3. The molecule has 1 heterocycles. The van der Waals surface area contributed by atoms with Crippen LogP contribution in [-0.4, -0.2) is 17.9 Å². The smallest absolute Gasteiger partial charge is 0.192 e. The molecule has 96 valence electrons. The van der Waals surface area contributed by atoms with Crippen molar-refractivity contribution in [1.82, 2.24) is 4.90 Å². The second-order valence-corrected chi connectivity index (χ2v) is 4.86. The van der Waals surface area contributed by atoms with Gasteiger partial charge in [-0.2, -0.15) is 0 Å². The molecule has 2 aromatic carbocycles. The Morgan fingerprint density at radius 2 is 1.74 bits per heavy atom. The number of aliphatic imine (C=N–C) groups is 1. The zero-order chi connectivity index (χ0) is 13.2. The first-order valence-corrected chi connectivity index (χ1v) is 6.43. The fourth-order valence-corrected chi connectivity index (χ4v) is 2.47. The number of hydrogen-bond acceptors (Lipinski definition) is 3. The van der Waals surface area contributed by atoms with Gasteiger partial charge in [0.2, 0.25) is 0 Å². The van der Waals surface area contributed by atoms with Crippen LogP contribution in [0.4, 0.5) is 0 Å². The molecule has 1 aliphatic heterocycles. The van der Waals surface area contributed by atoms with Crippen molar-refractivity contribution in [2.75, 3.05) is 7.05 Å². The molecule has 0 radical (unpaired) electrons. The minimum Gasteiger partial charge on any atom is -0.370 e. The molecule has 0 bridgehead atoms. The third-order valence-electron chi connectivity index (χ3n) is 3.52. The number of fused-ring (bicyclic) bond motifs is 1. The summed E-state index contributed by atoms with van der Waals surface area (Å²) < 4.78 is 0. The van der Waals surface area contributed by atoms with Gasteiger partial charge < -0.3 is 10.6 Å². The highest BCUT2D eigenvalue weighted by Gasteiger charge is 2.21. The van der Waals surface area contributed by atoms with Crippen LogP contribution < -0.4 is 5.73 Å². The van der Waals surface area contributed by atoms with Gasteiger partial charge in [-0.25, -0.2) is 4.99 Å². The zero-order valence-corrected chi connectivity index (χ0v) is 11.0. The Bertz CT molecular complexity index is 604. The predicted molar refractivity (Wildman–Crippen MR) is 77.8 cm³/mol. The second kappa shape index (κ2) is 4.76. The number of guanidine groups is 1. The lowest BCUT2D eigenvalue weighted by atomic mass is 9.95. The molecule has 0 aliphatic carbocycles. The van der Waals surface area contributed by atoms with E-state index in [0.29, 0.717) is 5.96 Å². The maximum atomic E-state index is 6.06. The molecule has 3 nitrogen and oxygen atoms in total. The number of nitrogens with zero attached hydrogens (tertiary/aromatic N) is 2. The summed E-state index contributed by atoms with van der Waals surface area (Å²) in [5, 5.41) is 0. The topological polar surface area (TPSA) is 41.6 Å². The lowest BCUT2D eigenvalue weighted by molar-refractivity contribution is 0.497. The molecule has 2 N–H and O–H groups in total. The molecule has 0 saturated heterocycles. The fraction of sp³-hybridized carbons (Fsp3) is 0.188. The van der Waals surface area contributed by atoms with Gasteiger partial charge in [0.05, 0.1) is 0 Å². The molecule has 0 amide bonds. The van der Waals surface area contributed by atoms with Crippen LogP contribution >= 0.6 is 0 Å². The van der Waals surface area contributed by atoms with Crippen LogP contribution in [0, 0.1) is 0 Å². The Labute approximate surface area is 113 Å². The monoisotopic (exact) mass is 251 g/mol. The summed E-state index contributed by atoms with van der Waals surface area (Å²) in [6, 6.07) is 18.7. The molecule has 3 rings (SSSR count). The highest BCUT2D eigenvalue weighted by atomic mass is 15.2. The van der Waals surface area contributed by atoms with Gasteiger partial charge in [-0.1, -0.05) is 54.6 Å². The molecule has 0 fully saturated rings. The predicted octanol–water partition coefficient (Wildman–Crippen LogP) is 2.54. The van der Waals surface area contributed by atoms with E-state index in [1.54, 1.807) is 0 Å². The molecule has 1 aliphatic rings. The zero-order valence-electron chi connectivity index (χ0n) is 11.0. The van der Waals surface area contributed by atoms with Crippen molar-refractivity contribution < 1.29 is 0 Å². The summed E-state index contributed by atoms with van der Waals surface area (Å²) in [5.41, 5.74) is 9.75.